The summed E-state index contributed by atoms with van der Waals surface area (Å²) in [6.45, 7) is 7.12. The van der Waals surface area contributed by atoms with Gasteiger partial charge in [0.05, 0.1) is 12.5 Å². The standard InChI is InChI=1S/C29H34N2O2/c1-29(28(32)33-2,26-14-7-4-8-15-26)17-10-18-30-19-21-31(22-20-30)27-16-9-13-25(23-27)24-11-5-3-6-12-24/h3-9,11-16,23H,10,17-22H2,1-2H3. The van der Waals surface area contributed by atoms with Crippen LogP contribution in [-0.4, -0.2) is 50.7 Å². The fourth-order valence-electron chi connectivity index (χ4n) is 4.79. The molecule has 0 bridgehead atoms. The first-order chi connectivity index (χ1) is 16.1. The van der Waals surface area contributed by atoms with E-state index in [0.717, 1.165) is 51.1 Å². The van der Waals surface area contributed by atoms with Gasteiger partial charge in [-0.15, -0.1) is 0 Å². The number of methoxy groups -OCH3 is 1. The van der Waals surface area contributed by atoms with Gasteiger partial charge in [-0.3, -0.25) is 9.69 Å². The topological polar surface area (TPSA) is 32.8 Å². The number of rotatable bonds is 8. The van der Waals surface area contributed by atoms with Gasteiger partial charge in [0.15, 0.2) is 0 Å². The van der Waals surface area contributed by atoms with E-state index >= 15 is 0 Å². The second-order valence-corrected chi connectivity index (χ2v) is 9.04. The molecule has 33 heavy (non-hydrogen) atoms. The molecule has 1 fully saturated rings. The zero-order chi connectivity index (χ0) is 23.1. The normalized spacial score (nSPS) is 16.2. The van der Waals surface area contributed by atoms with Crippen molar-refractivity contribution in [3.05, 3.63) is 90.5 Å². The van der Waals surface area contributed by atoms with E-state index in [1.807, 2.05) is 37.3 Å². The molecule has 3 aromatic carbocycles. The van der Waals surface area contributed by atoms with Crippen molar-refractivity contribution >= 4 is 11.7 Å². The molecule has 0 radical (unpaired) electrons. The minimum atomic E-state index is -0.601. The number of anilines is 1. The van der Waals surface area contributed by atoms with Gasteiger partial charge in [-0.2, -0.15) is 0 Å². The Labute approximate surface area is 197 Å². The minimum absolute atomic E-state index is 0.156. The van der Waals surface area contributed by atoms with E-state index in [4.69, 9.17) is 4.74 Å². The molecule has 1 aliphatic heterocycles. The summed E-state index contributed by atoms with van der Waals surface area (Å²) in [4.78, 5) is 17.6. The molecule has 1 saturated heterocycles. The smallest absolute Gasteiger partial charge is 0.315 e. The van der Waals surface area contributed by atoms with E-state index < -0.39 is 5.41 Å². The molecular formula is C29H34N2O2. The van der Waals surface area contributed by atoms with Crippen LogP contribution in [0.4, 0.5) is 5.69 Å². The number of carbonyl (C=O) groups excluding carboxylic acids is 1. The van der Waals surface area contributed by atoms with Gasteiger partial charge >= 0.3 is 5.97 Å². The quantitative estimate of drug-likeness (QED) is 0.438. The van der Waals surface area contributed by atoms with Gasteiger partial charge in [-0.25, -0.2) is 0 Å². The van der Waals surface area contributed by atoms with Crippen LogP contribution >= 0.6 is 0 Å². The van der Waals surface area contributed by atoms with Gasteiger partial charge in [0.2, 0.25) is 0 Å². The van der Waals surface area contributed by atoms with E-state index in [9.17, 15) is 4.79 Å². The average Bonchev–Trinajstić information content (AvgIpc) is 2.89. The summed E-state index contributed by atoms with van der Waals surface area (Å²) in [5, 5.41) is 0. The van der Waals surface area contributed by atoms with Crippen LogP contribution in [0.5, 0.6) is 0 Å². The van der Waals surface area contributed by atoms with Crippen molar-refractivity contribution in [3.8, 4) is 11.1 Å². The van der Waals surface area contributed by atoms with Crippen LogP contribution in [0.3, 0.4) is 0 Å². The highest BCUT2D eigenvalue weighted by atomic mass is 16.5. The van der Waals surface area contributed by atoms with Crippen molar-refractivity contribution < 1.29 is 9.53 Å². The maximum atomic E-state index is 12.6. The van der Waals surface area contributed by atoms with E-state index in [1.165, 1.54) is 23.9 Å². The van der Waals surface area contributed by atoms with Crippen molar-refractivity contribution in [2.24, 2.45) is 0 Å². The first kappa shape index (κ1) is 23.1. The summed E-state index contributed by atoms with van der Waals surface area (Å²) in [7, 11) is 1.48. The zero-order valence-corrected chi connectivity index (χ0v) is 19.7. The molecule has 1 unspecified atom stereocenters. The number of hydrogen-bond acceptors (Lipinski definition) is 4. The molecular weight excluding hydrogens is 408 g/mol. The van der Waals surface area contributed by atoms with Crippen molar-refractivity contribution in [1.82, 2.24) is 4.90 Å². The molecule has 4 nitrogen and oxygen atoms in total. The van der Waals surface area contributed by atoms with E-state index in [-0.39, 0.29) is 5.97 Å². The van der Waals surface area contributed by atoms with Crippen LogP contribution < -0.4 is 4.90 Å². The van der Waals surface area contributed by atoms with Crippen LogP contribution in [-0.2, 0) is 14.9 Å². The molecule has 1 atom stereocenters. The van der Waals surface area contributed by atoms with Crippen molar-refractivity contribution in [2.45, 2.75) is 25.2 Å². The second kappa shape index (κ2) is 10.7. The lowest BCUT2D eigenvalue weighted by Crippen LogP contribution is -2.47. The van der Waals surface area contributed by atoms with E-state index in [1.54, 1.807) is 0 Å². The van der Waals surface area contributed by atoms with Crippen molar-refractivity contribution in [3.63, 3.8) is 0 Å². The van der Waals surface area contributed by atoms with Gasteiger partial charge in [0.1, 0.15) is 0 Å². The molecule has 1 heterocycles. The highest BCUT2D eigenvalue weighted by molar-refractivity contribution is 5.82. The number of ether oxygens (including phenoxy) is 1. The summed E-state index contributed by atoms with van der Waals surface area (Å²) in [6.07, 6.45) is 1.74. The Morgan fingerprint density at radius 1 is 0.848 bits per heavy atom. The lowest BCUT2D eigenvalue weighted by Gasteiger charge is -2.37. The Bertz CT molecular complexity index is 1030. The Balaban J connectivity index is 1.31. The molecule has 0 N–H and O–H groups in total. The van der Waals surface area contributed by atoms with Crippen LogP contribution in [0.25, 0.3) is 11.1 Å². The number of hydrogen-bond donors (Lipinski definition) is 0. The molecule has 3 aromatic rings. The third-order valence-corrected chi connectivity index (χ3v) is 6.89. The van der Waals surface area contributed by atoms with Crippen LogP contribution in [0, 0.1) is 0 Å². The summed E-state index contributed by atoms with van der Waals surface area (Å²) >= 11 is 0. The van der Waals surface area contributed by atoms with Crippen LogP contribution in [0.15, 0.2) is 84.9 Å². The summed E-state index contributed by atoms with van der Waals surface area (Å²) < 4.78 is 5.16. The first-order valence-electron chi connectivity index (χ1n) is 11.9. The third-order valence-electron chi connectivity index (χ3n) is 6.89. The van der Waals surface area contributed by atoms with Crippen LogP contribution in [0.2, 0.25) is 0 Å². The molecule has 0 aliphatic carbocycles. The molecule has 4 heteroatoms. The van der Waals surface area contributed by atoms with Crippen LogP contribution in [0.1, 0.15) is 25.3 Å². The fraction of sp³-hybridized carbons (Fsp3) is 0.345. The number of piperazine rings is 1. The first-order valence-corrected chi connectivity index (χ1v) is 11.9. The molecule has 0 spiro atoms. The fourth-order valence-corrected chi connectivity index (χ4v) is 4.79. The SMILES string of the molecule is COC(=O)C(C)(CCCN1CCN(c2cccc(-c3ccccc3)c2)CC1)c1ccccc1. The zero-order valence-electron chi connectivity index (χ0n) is 19.7. The number of benzene rings is 3. The van der Waals surface area contributed by atoms with E-state index in [0.29, 0.717) is 0 Å². The third kappa shape index (κ3) is 5.45. The largest absolute Gasteiger partial charge is 0.468 e. The number of esters is 1. The molecule has 4 rings (SSSR count). The van der Waals surface area contributed by atoms with Gasteiger partial charge in [-0.05, 0) is 55.1 Å². The van der Waals surface area contributed by atoms with E-state index in [2.05, 4.69) is 64.4 Å². The Morgan fingerprint density at radius 2 is 1.48 bits per heavy atom. The lowest BCUT2D eigenvalue weighted by atomic mass is 9.78. The van der Waals surface area contributed by atoms with Crippen molar-refractivity contribution in [1.29, 1.82) is 0 Å². The summed E-state index contributed by atoms with van der Waals surface area (Å²) in [5.41, 5.74) is 4.23. The Morgan fingerprint density at radius 3 is 2.15 bits per heavy atom. The predicted octanol–water partition coefficient (Wildman–Crippen LogP) is 5.39. The highest BCUT2D eigenvalue weighted by Gasteiger charge is 2.36. The second-order valence-electron chi connectivity index (χ2n) is 9.04. The lowest BCUT2D eigenvalue weighted by molar-refractivity contribution is -0.147. The van der Waals surface area contributed by atoms with Gasteiger partial charge in [0.25, 0.3) is 0 Å². The Hall–Kier alpha value is -3.11. The molecule has 0 aromatic heterocycles. The summed E-state index contributed by atoms with van der Waals surface area (Å²) in [5.74, 6) is -0.156. The summed E-state index contributed by atoms with van der Waals surface area (Å²) in [6, 6.07) is 29.4. The highest BCUT2D eigenvalue weighted by Crippen LogP contribution is 2.31. The Kier molecular flexibility index (Phi) is 7.46. The minimum Gasteiger partial charge on any atom is -0.468 e. The van der Waals surface area contributed by atoms with Gasteiger partial charge in [-0.1, -0.05) is 72.8 Å². The number of carbonyl (C=O) groups is 1. The molecule has 0 saturated carbocycles. The van der Waals surface area contributed by atoms with Gasteiger partial charge < -0.3 is 9.64 Å². The predicted molar refractivity (Wildman–Crippen MR) is 136 cm³/mol. The van der Waals surface area contributed by atoms with Crippen molar-refractivity contribution in [2.75, 3.05) is 44.7 Å². The number of nitrogens with zero attached hydrogens (tertiary/aromatic N) is 2. The average molecular weight is 443 g/mol. The monoisotopic (exact) mass is 442 g/mol. The molecule has 1 aliphatic rings. The van der Waals surface area contributed by atoms with Gasteiger partial charge in [0, 0.05) is 31.9 Å². The maximum Gasteiger partial charge on any atom is 0.315 e. The maximum absolute atomic E-state index is 12.6. The molecule has 172 valence electrons. The molecule has 0 amide bonds.